The van der Waals surface area contributed by atoms with Crippen LogP contribution in [-0.2, 0) is 10.0 Å². The molecular weight excluding hydrogens is 584 g/mol. The van der Waals surface area contributed by atoms with E-state index >= 15 is 0 Å². The third kappa shape index (κ3) is 5.99. The highest BCUT2D eigenvalue weighted by Crippen LogP contribution is 2.69. The summed E-state index contributed by atoms with van der Waals surface area (Å²) >= 11 is 0. The topological polar surface area (TPSA) is 116 Å². The molecule has 11 atom stereocenters. The van der Waals surface area contributed by atoms with Crippen LogP contribution < -0.4 is 10.0 Å². The van der Waals surface area contributed by atoms with Crippen LogP contribution in [0.4, 0.5) is 4.79 Å². The molecule has 252 valence electrons. The number of fused-ring (bicyclic) bond motifs is 5. The number of nitrogens with one attached hydrogen (secondary N) is 2. The summed E-state index contributed by atoms with van der Waals surface area (Å²) in [6.07, 6.45) is 13.6. The number of sulfonamides is 1. The number of aliphatic hydroxyl groups is 2. The smallest absolute Gasteiger partial charge is 0.328 e. The van der Waals surface area contributed by atoms with Gasteiger partial charge in [0.1, 0.15) is 0 Å². The minimum absolute atomic E-state index is 0.0849. The molecule has 0 saturated heterocycles. The first-order chi connectivity index (χ1) is 21.4. The van der Waals surface area contributed by atoms with Crippen molar-refractivity contribution in [1.82, 2.24) is 10.0 Å². The first-order valence-electron chi connectivity index (χ1n) is 18.2. The average molecular weight is 643 g/mol. The quantitative estimate of drug-likeness (QED) is 0.256. The van der Waals surface area contributed by atoms with Crippen LogP contribution in [0.25, 0.3) is 0 Å². The van der Waals surface area contributed by atoms with Gasteiger partial charge in [-0.1, -0.05) is 65.5 Å². The number of carbonyl (C=O) groups excluding carboxylic acids is 1. The van der Waals surface area contributed by atoms with E-state index in [2.05, 4.69) is 37.7 Å². The van der Waals surface area contributed by atoms with Gasteiger partial charge in [-0.3, -0.25) is 0 Å². The molecule has 1 aromatic carbocycles. The van der Waals surface area contributed by atoms with E-state index in [0.29, 0.717) is 36.1 Å². The van der Waals surface area contributed by atoms with Crippen molar-refractivity contribution in [2.75, 3.05) is 6.54 Å². The van der Waals surface area contributed by atoms with E-state index in [-0.39, 0.29) is 45.7 Å². The molecule has 5 aliphatic carbocycles. The number of benzene rings is 1. The second kappa shape index (κ2) is 12.8. The Morgan fingerprint density at radius 3 is 2.27 bits per heavy atom. The lowest BCUT2D eigenvalue weighted by Crippen LogP contribution is -2.62. The van der Waals surface area contributed by atoms with Gasteiger partial charge >= 0.3 is 6.03 Å². The first-order valence-corrected chi connectivity index (χ1v) is 19.6. The second-order valence-corrected chi connectivity index (χ2v) is 18.0. The average Bonchev–Trinajstić information content (AvgIpc) is 3.38. The zero-order chi connectivity index (χ0) is 32.1. The van der Waals surface area contributed by atoms with Gasteiger partial charge in [0, 0.05) is 6.54 Å². The van der Waals surface area contributed by atoms with E-state index < -0.39 is 16.1 Å². The maximum Gasteiger partial charge on any atom is 0.328 e. The molecule has 0 aliphatic heterocycles. The molecule has 0 aromatic heterocycles. The van der Waals surface area contributed by atoms with Crippen LogP contribution in [0.2, 0.25) is 0 Å². The molecule has 2 amide bonds. The minimum atomic E-state index is -3.96. The molecule has 7 nitrogen and oxygen atoms in total. The molecule has 45 heavy (non-hydrogen) atoms. The highest BCUT2D eigenvalue weighted by Gasteiger charge is 2.64. The Morgan fingerprint density at radius 2 is 1.58 bits per heavy atom. The van der Waals surface area contributed by atoms with Crippen LogP contribution in [0.1, 0.15) is 123 Å². The van der Waals surface area contributed by atoms with Crippen molar-refractivity contribution in [3.05, 3.63) is 29.8 Å². The van der Waals surface area contributed by atoms with Crippen LogP contribution in [0.5, 0.6) is 0 Å². The lowest BCUT2D eigenvalue weighted by molar-refractivity contribution is -0.203. The van der Waals surface area contributed by atoms with Gasteiger partial charge in [-0.2, -0.15) is 0 Å². The Labute approximate surface area is 271 Å². The molecule has 6 rings (SSSR count). The predicted octanol–water partition coefficient (Wildman–Crippen LogP) is 6.99. The van der Waals surface area contributed by atoms with Crippen molar-refractivity contribution in [3.8, 4) is 0 Å². The second-order valence-electron chi connectivity index (χ2n) is 16.3. The molecule has 5 aliphatic rings. The summed E-state index contributed by atoms with van der Waals surface area (Å²) < 4.78 is 28.3. The third-order valence-electron chi connectivity index (χ3n) is 14.2. The minimum Gasteiger partial charge on any atom is -0.393 e. The molecule has 5 fully saturated rings. The molecule has 0 heterocycles. The fourth-order valence-electron chi connectivity index (χ4n) is 11.9. The van der Waals surface area contributed by atoms with Crippen molar-refractivity contribution in [3.63, 3.8) is 0 Å². The van der Waals surface area contributed by atoms with Gasteiger partial charge in [0.15, 0.2) is 0 Å². The number of hydrogen-bond donors (Lipinski definition) is 4. The lowest BCUT2D eigenvalue weighted by atomic mass is 9.41. The Kier molecular flexibility index (Phi) is 9.43. The van der Waals surface area contributed by atoms with Crippen molar-refractivity contribution in [1.29, 1.82) is 0 Å². The standard InChI is InChI=1S/C37H58N2O5S/c1-5-28-32-21-26(40)17-19-37(32,4)31-18-20-36(3)29(15-16-30(36)33(31)34(28)41)23(2)22-38-35(42)39-45(43,44)27-13-11-25(12-14-27)24-9-7-6-8-10-24/h11-14,23-24,26,28-34,40-41H,5-10,15-22H2,1-4H3,(H2,38,39,42)/t23-,26-,28-,29-,30+,31+,32+,33+,34-,36-,37-/m1/s1. The Hall–Kier alpha value is -1.64. The lowest BCUT2D eigenvalue weighted by Gasteiger charge is -2.64. The van der Waals surface area contributed by atoms with Crippen LogP contribution in [0, 0.1) is 52.3 Å². The van der Waals surface area contributed by atoms with Gasteiger partial charge in [-0.15, -0.1) is 0 Å². The van der Waals surface area contributed by atoms with Gasteiger partial charge in [0.25, 0.3) is 10.0 Å². The van der Waals surface area contributed by atoms with Crippen molar-refractivity contribution in [2.45, 2.75) is 134 Å². The molecule has 8 heteroatoms. The summed E-state index contributed by atoms with van der Waals surface area (Å²) in [6.45, 7) is 9.71. The van der Waals surface area contributed by atoms with Gasteiger partial charge in [0.05, 0.1) is 17.1 Å². The highest BCUT2D eigenvalue weighted by molar-refractivity contribution is 7.90. The van der Waals surface area contributed by atoms with Gasteiger partial charge in [-0.05, 0) is 134 Å². The fourth-order valence-corrected chi connectivity index (χ4v) is 12.8. The van der Waals surface area contributed by atoms with Crippen LogP contribution in [0.15, 0.2) is 29.2 Å². The third-order valence-corrected chi connectivity index (χ3v) is 15.6. The maximum absolute atomic E-state index is 13.0. The number of rotatable bonds is 7. The molecule has 5 saturated carbocycles. The van der Waals surface area contributed by atoms with Crippen LogP contribution in [0.3, 0.4) is 0 Å². The molecule has 0 spiro atoms. The highest BCUT2D eigenvalue weighted by atomic mass is 32.2. The molecule has 0 bridgehead atoms. The van der Waals surface area contributed by atoms with E-state index in [1.54, 1.807) is 12.1 Å². The SMILES string of the molecule is CC[C@H]1[C@@H](O)[C@@H]2[C@H](CC[C@]3(C)[C@@H]([C@H](C)CNC(=O)NS(=O)(=O)c4ccc(C5CCCCC5)cc4)CC[C@@H]23)[C@@]2(C)CC[C@@H](O)C[C@@H]12. The Balaban J connectivity index is 1.08. The molecule has 1 aromatic rings. The van der Waals surface area contributed by atoms with Crippen molar-refractivity contribution in [2.24, 2.45) is 52.3 Å². The zero-order valence-electron chi connectivity index (χ0n) is 28.0. The number of carbonyl (C=O) groups is 1. The van der Waals surface area contributed by atoms with Gasteiger partial charge in [-0.25, -0.2) is 17.9 Å². The number of amides is 2. The number of urea groups is 1. The monoisotopic (exact) mass is 642 g/mol. The largest absolute Gasteiger partial charge is 0.393 e. The molecule has 0 radical (unpaired) electrons. The predicted molar refractivity (Wildman–Crippen MR) is 177 cm³/mol. The van der Waals surface area contributed by atoms with Gasteiger partial charge in [0.2, 0.25) is 0 Å². The summed E-state index contributed by atoms with van der Waals surface area (Å²) in [5.41, 5.74) is 1.44. The fraction of sp³-hybridized carbons (Fsp3) is 0.811. The Morgan fingerprint density at radius 1 is 0.911 bits per heavy atom. The van der Waals surface area contributed by atoms with Crippen LogP contribution in [-0.4, -0.2) is 43.4 Å². The number of aliphatic hydroxyl groups excluding tert-OH is 2. The summed E-state index contributed by atoms with van der Waals surface area (Å²) in [6, 6.07) is 6.38. The molecular formula is C37H58N2O5S. The number of hydrogen-bond acceptors (Lipinski definition) is 5. The van der Waals surface area contributed by atoms with E-state index in [1.807, 2.05) is 12.1 Å². The van der Waals surface area contributed by atoms with E-state index in [4.69, 9.17) is 0 Å². The van der Waals surface area contributed by atoms with E-state index in [1.165, 1.54) is 24.8 Å². The summed E-state index contributed by atoms with van der Waals surface area (Å²) in [5, 5.41) is 25.4. The Bertz CT molecular complexity index is 1310. The maximum atomic E-state index is 13.0. The van der Waals surface area contributed by atoms with Crippen molar-refractivity contribution >= 4 is 16.1 Å². The van der Waals surface area contributed by atoms with E-state index in [0.717, 1.165) is 64.2 Å². The van der Waals surface area contributed by atoms with E-state index in [9.17, 15) is 23.4 Å². The van der Waals surface area contributed by atoms with Crippen molar-refractivity contribution < 1.29 is 23.4 Å². The summed E-state index contributed by atoms with van der Waals surface area (Å²) in [7, 11) is -3.96. The zero-order valence-corrected chi connectivity index (χ0v) is 28.8. The van der Waals surface area contributed by atoms with Gasteiger partial charge < -0.3 is 15.5 Å². The molecule has 0 unspecified atom stereocenters. The first kappa shape index (κ1) is 33.3. The van der Waals surface area contributed by atoms with Crippen LogP contribution >= 0.6 is 0 Å². The normalized spacial score (nSPS) is 40.9. The summed E-state index contributed by atoms with van der Waals surface area (Å²) in [4.78, 5) is 13.0. The molecule has 4 N–H and O–H groups in total. The summed E-state index contributed by atoms with van der Waals surface area (Å²) in [5.74, 6) is 2.94.